The number of halogens is 1. The summed E-state index contributed by atoms with van der Waals surface area (Å²) in [6.45, 7) is 5.17. The summed E-state index contributed by atoms with van der Waals surface area (Å²) in [6.07, 6.45) is 1.04. The molecular weight excluding hydrogens is 265 g/mol. The third-order valence-electron chi connectivity index (χ3n) is 3.40. The second-order valence-corrected chi connectivity index (χ2v) is 5.12. The van der Waals surface area contributed by atoms with Gasteiger partial charge in [-0.2, -0.15) is 0 Å². The van der Waals surface area contributed by atoms with Crippen LogP contribution >= 0.6 is 0 Å². The van der Waals surface area contributed by atoms with Crippen molar-refractivity contribution in [2.75, 3.05) is 13.2 Å². The Labute approximate surface area is 126 Å². The van der Waals surface area contributed by atoms with Gasteiger partial charge in [-0.1, -0.05) is 49.4 Å². The molecule has 1 atom stereocenters. The average Bonchev–Trinajstić information content (AvgIpc) is 2.52. The molecule has 1 unspecified atom stereocenters. The quantitative estimate of drug-likeness (QED) is 0.822. The van der Waals surface area contributed by atoms with Crippen LogP contribution in [0.3, 0.4) is 0 Å². The molecule has 2 aromatic carbocycles. The van der Waals surface area contributed by atoms with Gasteiger partial charge in [-0.25, -0.2) is 4.39 Å². The third-order valence-corrected chi connectivity index (χ3v) is 3.40. The van der Waals surface area contributed by atoms with E-state index in [0.717, 1.165) is 18.5 Å². The van der Waals surface area contributed by atoms with Gasteiger partial charge in [0.25, 0.3) is 0 Å². The molecule has 0 amide bonds. The summed E-state index contributed by atoms with van der Waals surface area (Å²) in [6, 6.07) is 15.4. The molecule has 0 spiro atoms. The number of nitrogens with one attached hydrogen (secondary N) is 1. The highest BCUT2D eigenvalue weighted by Gasteiger charge is 2.13. The number of ether oxygens (including phenoxy) is 1. The van der Waals surface area contributed by atoms with E-state index in [4.69, 9.17) is 4.74 Å². The molecule has 0 aliphatic carbocycles. The van der Waals surface area contributed by atoms with Crippen LogP contribution in [0, 0.1) is 12.7 Å². The van der Waals surface area contributed by atoms with Gasteiger partial charge in [-0.3, -0.25) is 0 Å². The fourth-order valence-corrected chi connectivity index (χ4v) is 2.18. The zero-order valence-corrected chi connectivity index (χ0v) is 12.6. The first kappa shape index (κ1) is 15.5. The molecule has 0 aliphatic heterocycles. The van der Waals surface area contributed by atoms with Crippen LogP contribution in [0.15, 0.2) is 48.5 Å². The Morgan fingerprint density at radius 1 is 1.10 bits per heavy atom. The van der Waals surface area contributed by atoms with Crippen LogP contribution in [0.25, 0.3) is 0 Å². The fraction of sp³-hybridized carbons (Fsp3) is 0.333. The van der Waals surface area contributed by atoms with Gasteiger partial charge in [-0.05, 0) is 37.1 Å². The fourth-order valence-electron chi connectivity index (χ4n) is 2.18. The van der Waals surface area contributed by atoms with E-state index in [9.17, 15) is 4.39 Å². The number of rotatable bonds is 7. The van der Waals surface area contributed by atoms with Crippen molar-refractivity contribution in [3.05, 3.63) is 65.5 Å². The summed E-state index contributed by atoms with van der Waals surface area (Å²) in [4.78, 5) is 0. The van der Waals surface area contributed by atoms with Gasteiger partial charge in [0.1, 0.15) is 6.61 Å². The molecule has 0 aliphatic rings. The molecule has 0 fully saturated rings. The Hall–Kier alpha value is -1.87. The van der Waals surface area contributed by atoms with Crippen molar-refractivity contribution < 1.29 is 9.13 Å². The summed E-state index contributed by atoms with van der Waals surface area (Å²) in [5.74, 6) is 0.0361. The number of hydrogen-bond donors (Lipinski definition) is 1. The maximum atomic E-state index is 14.0. The molecule has 0 bridgehead atoms. The molecular formula is C18H22FNO. The first-order valence-electron chi connectivity index (χ1n) is 7.38. The Morgan fingerprint density at radius 3 is 2.57 bits per heavy atom. The largest absolute Gasteiger partial charge is 0.489 e. The molecule has 2 rings (SSSR count). The molecule has 2 nitrogen and oxygen atoms in total. The van der Waals surface area contributed by atoms with E-state index < -0.39 is 0 Å². The highest BCUT2D eigenvalue weighted by atomic mass is 19.1. The second kappa shape index (κ2) is 7.79. The van der Waals surface area contributed by atoms with Gasteiger partial charge in [0.15, 0.2) is 11.6 Å². The molecule has 21 heavy (non-hydrogen) atoms. The van der Waals surface area contributed by atoms with Crippen molar-refractivity contribution in [2.45, 2.75) is 26.3 Å². The van der Waals surface area contributed by atoms with Crippen molar-refractivity contribution in [1.29, 1.82) is 0 Å². The number of benzene rings is 2. The van der Waals surface area contributed by atoms with Gasteiger partial charge in [0, 0.05) is 0 Å². The zero-order valence-electron chi connectivity index (χ0n) is 12.6. The highest BCUT2D eigenvalue weighted by Crippen LogP contribution is 2.22. The average molecular weight is 287 g/mol. The van der Waals surface area contributed by atoms with Crippen LogP contribution in [-0.2, 0) is 0 Å². The van der Waals surface area contributed by atoms with E-state index in [1.165, 1.54) is 0 Å². The molecule has 0 radical (unpaired) electrons. The van der Waals surface area contributed by atoms with Crippen LogP contribution in [0.4, 0.5) is 4.39 Å². The summed E-state index contributed by atoms with van der Waals surface area (Å²) in [5.41, 5.74) is 1.75. The van der Waals surface area contributed by atoms with Crippen LogP contribution in [0.1, 0.15) is 30.5 Å². The summed E-state index contributed by atoms with van der Waals surface area (Å²) in [7, 11) is 0. The van der Waals surface area contributed by atoms with E-state index in [-0.39, 0.29) is 11.9 Å². The van der Waals surface area contributed by atoms with Crippen molar-refractivity contribution in [3.63, 3.8) is 0 Å². The van der Waals surface area contributed by atoms with Crippen LogP contribution in [0.5, 0.6) is 5.75 Å². The first-order valence-corrected chi connectivity index (χ1v) is 7.38. The minimum absolute atomic E-state index is 0.0612. The molecule has 2 aromatic rings. The monoisotopic (exact) mass is 287 g/mol. The predicted octanol–water partition coefficient (Wildman–Crippen LogP) is 4.25. The highest BCUT2D eigenvalue weighted by molar-refractivity contribution is 5.30. The van der Waals surface area contributed by atoms with Gasteiger partial charge < -0.3 is 10.1 Å². The van der Waals surface area contributed by atoms with E-state index >= 15 is 0 Å². The van der Waals surface area contributed by atoms with E-state index in [1.54, 1.807) is 19.1 Å². The maximum absolute atomic E-state index is 14.0. The van der Waals surface area contributed by atoms with Gasteiger partial charge in [-0.15, -0.1) is 0 Å². The van der Waals surface area contributed by atoms with E-state index in [2.05, 4.69) is 24.4 Å². The predicted molar refractivity (Wildman–Crippen MR) is 84.1 cm³/mol. The van der Waals surface area contributed by atoms with Crippen molar-refractivity contribution in [2.24, 2.45) is 0 Å². The van der Waals surface area contributed by atoms with Crippen molar-refractivity contribution >= 4 is 0 Å². The standard InChI is InChI=1S/C18H22FNO/c1-3-12-20-16(15-9-5-4-6-10-15)13-21-17-11-7-8-14(2)18(17)19/h4-11,16,20H,3,12-13H2,1-2H3. The molecule has 0 saturated carbocycles. The SMILES string of the molecule is CCCNC(COc1cccc(C)c1F)c1ccccc1. The Morgan fingerprint density at radius 2 is 1.86 bits per heavy atom. The summed E-state index contributed by atoms with van der Waals surface area (Å²) >= 11 is 0. The van der Waals surface area contributed by atoms with Gasteiger partial charge >= 0.3 is 0 Å². The maximum Gasteiger partial charge on any atom is 0.167 e. The lowest BCUT2D eigenvalue weighted by Crippen LogP contribution is -2.27. The Kier molecular flexibility index (Phi) is 5.76. The van der Waals surface area contributed by atoms with Crippen molar-refractivity contribution in [3.8, 4) is 5.75 Å². The van der Waals surface area contributed by atoms with Crippen LogP contribution in [0.2, 0.25) is 0 Å². The molecule has 3 heteroatoms. The zero-order chi connectivity index (χ0) is 15.1. The van der Waals surface area contributed by atoms with E-state index in [1.807, 2.05) is 24.3 Å². The normalized spacial score (nSPS) is 12.1. The summed E-state index contributed by atoms with van der Waals surface area (Å²) in [5, 5.41) is 3.44. The topological polar surface area (TPSA) is 21.3 Å². The van der Waals surface area contributed by atoms with Crippen molar-refractivity contribution in [1.82, 2.24) is 5.32 Å². The molecule has 112 valence electrons. The lowest BCUT2D eigenvalue weighted by molar-refractivity contribution is 0.255. The second-order valence-electron chi connectivity index (χ2n) is 5.12. The van der Waals surface area contributed by atoms with Crippen LogP contribution in [-0.4, -0.2) is 13.2 Å². The third kappa shape index (κ3) is 4.30. The van der Waals surface area contributed by atoms with Gasteiger partial charge in [0.05, 0.1) is 6.04 Å². The molecule has 0 aromatic heterocycles. The first-order chi connectivity index (χ1) is 10.2. The Balaban J connectivity index is 2.07. The lowest BCUT2D eigenvalue weighted by Gasteiger charge is -2.20. The number of aryl methyl sites for hydroxylation is 1. The lowest BCUT2D eigenvalue weighted by atomic mass is 10.1. The Bertz CT molecular complexity index is 556. The molecule has 0 saturated heterocycles. The van der Waals surface area contributed by atoms with Crippen LogP contribution < -0.4 is 10.1 Å². The van der Waals surface area contributed by atoms with E-state index in [0.29, 0.717) is 17.9 Å². The molecule has 0 heterocycles. The minimum atomic E-state index is -0.278. The van der Waals surface area contributed by atoms with Gasteiger partial charge in [0.2, 0.25) is 0 Å². The minimum Gasteiger partial charge on any atom is -0.489 e. The smallest absolute Gasteiger partial charge is 0.167 e. The number of hydrogen-bond acceptors (Lipinski definition) is 2. The molecule has 1 N–H and O–H groups in total. The summed E-state index contributed by atoms with van der Waals surface area (Å²) < 4.78 is 19.7.